The maximum Gasteiger partial charge on any atom is 0.277 e. The molecule has 216 valence electrons. The van der Waals surface area contributed by atoms with Gasteiger partial charge in [0.05, 0.1) is 42.8 Å². The van der Waals surface area contributed by atoms with Crippen LogP contribution in [0.2, 0.25) is 10.0 Å². The summed E-state index contributed by atoms with van der Waals surface area (Å²) in [6, 6.07) is 10.4. The second-order valence-corrected chi connectivity index (χ2v) is 11.6. The Labute approximate surface area is 251 Å². The van der Waals surface area contributed by atoms with Crippen LogP contribution in [0.3, 0.4) is 0 Å². The predicted molar refractivity (Wildman–Crippen MR) is 158 cm³/mol. The summed E-state index contributed by atoms with van der Waals surface area (Å²) in [5, 5.41) is 5.70. The van der Waals surface area contributed by atoms with E-state index in [9.17, 15) is 9.59 Å². The number of fused-ring (bicyclic) bond motifs is 3. The highest BCUT2D eigenvalue weighted by molar-refractivity contribution is 6.34. The molecule has 2 aromatic heterocycles. The van der Waals surface area contributed by atoms with Crippen molar-refractivity contribution in [2.75, 3.05) is 27.1 Å². The van der Waals surface area contributed by atoms with Crippen LogP contribution in [0.25, 0.3) is 28.1 Å². The number of aromatic nitrogens is 3. The molecule has 10 nitrogen and oxygen atoms in total. The Bertz CT molecular complexity index is 1730. The van der Waals surface area contributed by atoms with E-state index in [2.05, 4.69) is 4.98 Å². The summed E-state index contributed by atoms with van der Waals surface area (Å²) in [6.07, 6.45) is 3.43. The fraction of sp³-hybridized carbons (Fsp3) is 0.267. The molecule has 0 spiro atoms. The second-order valence-electron chi connectivity index (χ2n) is 10.7. The Balaban J connectivity index is 1.62. The first-order valence-electron chi connectivity index (χ1n) is 13.2. The van der Waals surface area contributed by atoms with Crippen molar-refractivity contribution >= 4 is 35.0 Å². The molecule has 2 aromatic carbocycles. The van der Waals surface area contributed by atoms with Gasteiger partial charge in [0.25, 0.3) is 5.91 Å². The van der Waals surface area contributed by atoms with Gasteiger partial charge in [0.1, 0.15) is 18.2 Å². The van der Waals surface area contributed by atoms with E-state index in [1.54, 1.807) is 53.2 Å². The topological polar surface area (TPSA) is 122 Å². The number of rotatable bonds is 5. The minimum atomic E-state index is -0.600. The summed E-state index contributed by atoms with van der Waals surface area (Å²) in [7, 11) is 1.55. The summed E-state index contributed by atoms with van der Waals surface area (Å²) in [6.45, 7) is 4.78. The van der Waals surface area contributed by atoms with Crippen molar-refractivity contribution in [3.05, 3.63) is 75.7 Å². The Morgan fingerprint density at radius 1 is 1.05 bits per heavy atom. The molecule has 0 unspecified atom stereocenters. The van der Waals surface area contributed by atoms with Gasteiger partial charge in [-0.3, -0.25) is 14.6 Å². The predicted octanol–water partition coefficient (Wildman–Crippen LogP) is 5.16. The molecule has 12 heteroatoms. The van der Waals surface area contributed by atoms with Crippen LogP contribution in [-0.2, 0) is 11.2 Å². The summed E-state index contributed by atoms with van der Waals surface area (Å²) < 4.78 is 19.2. The average Bonchev–Trinajstić information content (AvgIpc) is 3.45. The lowest BCUT2D eigenvalue weighted by Crippen LogP contribution is -2.44. The smallest absolute Gasteiger partial charge is 0.277 e. The Kier molecular flexibility index (Phi) is 7.08. The third-order valence-electron chi connectivity index (χ3n) is 7.43. The molecule has 2 N–H and O–H groups in total. The molecule has 4 aromatic rings. The number of carbonyl (C=O) groups is 2. The molecular formula is C30H27Cl2N5O5. The summed E-state index contributed by atoms with van der Waals surface area (Å²) >= 11 is 12.8. The van der Waals surface area contributed by atoms with E-state index >= 15 is 0 Å². The normalized spacial score (nSPS) is 15.4. The van der Waals surface area contributed by atoms with Gasteiger partial charge < -0.3 is 24.8 Å². The molecule has 2 aliphatic heterocycles. The zero-order chi connectivity index (χ0) is 29.8. The van der Waals surface area contributed by atoms with Crippen LogP contribution in [-0.4, -0.2) is 64.1 Å². The summed E-state index contributed by atoms with van der Waals surface area (Å²) in [5.41, 5.74) is 9.39. The maximum absolute atomic E-state index is 14.0. The SMILES string of the molecule is COc1cc2c(cc1-c1cncc(C(N)=O)c1)-c1c(c(C(=O)N3COCC3(C)C)nn1-c1cc(Cl)cc(Cl)c1)CCO2. The zero-order valence-electron chi connectivity index (χ0n) is 23.1. The quantitative estimate of drug-likeness (QED) is 0.332. The molecule has 4 heterocycles. The van der Waals surface area contributed by atoms with Crippen LogP contribution in [0, 0.1) is 0 Å². The van der Waals surface area contributed by atoms with Crippen molar-refractivity contribution in [3.8, 4) is 39.6 Å². The minimum absolute atomic E-state index is 0.161. The van der Waals surface area contributed by atoms with Crippen molar-refractivity contribution in [1.29, 1.82) is 0 Å². The highest BCUT2D eigenvalue weighted by atomic mass is 35.5. The highest BCUT2D eigenvalue weighted by Gasteiger charge is 2.40. The van der Waals surface area contributed by atoms with Gasteiger partial charge in [0.15, 0.2) is 5.69 Å². The lowest BCUT2D eigenvalue weighted by Gasteiger charge is -2.28. The first-order valence-corrected chi connectivity index (χ1v) is 13.9. The van der Waals surface area contributed by atoms with E-state index in [1.807, 2.05) is 19.9 Å². The van der Waals surface area contributed by atoms with Crippen molar-refractivity contribution in [1.82, 2.24) is 19.7 Å². The van der Waals surface area contributed by atoms with Gasteiger partial charge in [0, 0.05) is 57.2 Å². The van der Waals surface area contributed by atoms with E-state index in [0.717, 1.165) is 0 Å². The van der Waals surface area contributed by atoms with Gasteiger partial charge in [-0.1, -0.05) is 23.2 Å². The zero-order valence-corrected chi connectivity index (χ0v) is 24.6. The van der Waals surface area contributed by atoms with E-state index in [-0.39, 0.29) is 23.9 Å². The van der Waals surface area contributed by atoms with Crippen LogP contribution in [0.4, 0.5) is 0 Å². The van der Waals surface area contributed by atoms with Crippen LogP contribution in [0.15, 0.2) is 48.8 Å². The first-order chi connectivity index (χ1) is 20.1. The van der Waals surface area contributed by atoms with E-state index < -0.39 is 11.4 Å². The third kappa shape index (κ3) is 4.85. The molecule has 1 saturated heterocycles. The molecule has 0 atom stereocenters. The number of halogens is 2. The first kappa shape index (κ1) is 28.0. The number of pyridine rings is 1. The highest BCUT2D eigenvalue weighted by Crippen LogP contribution is 2.45. The van der Waals surface area contributed by atoms with Gasteiger partial charge in [0.2, 0.25) is 5.91 Å². The Morgan fingerprint density at radius 2 is 1.81 bits per heavy atom. The largest absolute Gasteiger partial charge is 0.496 e. The van der Waals surface area contributed by atoms with Gasteiger partial charge in [-0.25, -0.2) is 4.68 Å². The van der Waals surface area contributed by atoms with Gasteiger partial charge in [-0.2, -0.15) is 5.10 Å². The van der Waals surface area contributed by atoms with Crippen molar-refractivity contribution in [2.24, 2.45) is 5.73 Å². The van der Waals surface area contributed by atoms with Crippen molar-refractivity contribution in [3.63, 3.8) is 0 Å². The molecule has 1 fully saturated rings. The number of nitrogens with two attached hydrogens (primary N) is 1. The fourth-order valence-corrected chi connectivity index (χ4v) is 5.84. The van der Waals surface area contributed by atoms with Crippen LogP contribution >= 0.6 is 23.2 Å². The number of ether oxygens (including phenoxy) is 3. The van der Waals surface area contributed by atoms with Crippen molar-refractivity contribution < 1.29 is 23.8 Å². The molecule has 0 saturated carbocycles. The molecule has 2 amide bonds. The van der Waals surface area contributed by atoms with Crippen LogP contribution in [0.1, 0.15) is 40.3 Å². The number of nitrogens with zero attached hydrogens (tertiary/aromatic N) is 4. The number of benzene rings is 2. The van der Waals surface area contributed by atoms with Gasteiger partial charge in [-0.15, -0.1) is 0 Å². The Morgan fingerprint density at radius 3 is 2.48 bits per heavy atom. The molecule has 0 aliphatic carbocycles. The number of methoxy groups -OCH3 is 1. The lowest BCUT2D eigenvalue weighted by molar-refractivity contribution is 0.0597. The standard InChI is InChI=1S/C30H27Cl2N5O5/c1-30(2)14-41-15-36(30)29(39)26-21-4-5-42-25-11-24(40-3)22(16-6-17(28(33)38)13-34-12-16)10-23(25)27(21)37(35-26)20-8-18(31)7-19(32)9-20/h6-13H,4-5,14-15H2,1-3H3,(H2,33,38). The molecule has 42 heavy (non-hydrogen) atoms. The number of hydrogen-bond acceptors (Lipinski definition) is 7. The number of amides is 2. The second kappa shape index (κ2) is 10.6. The third-order valence-corrected chi connectivity index (χ3v) is 7.87. The minimum Gasteiger partial charge on any atom is -0.496 e. The average molecular weight is 608 g/mol. The molecular weight excluding hydrogens is 581 g/mol. The molecule has 0 bridgehead atoms. The van der Waals surface area contributed by atoms with E-state index in [1.165, 1.54) is 6.20 Å². The van der Waals surface area contributed by atoms with E-state index in [4.69, 9.17) is 48.2 Å². The van der Waals surface area contributed by atoms with Gasteiger partial charge in [-0.05, 0) is 44.2 Å². The monoisotopic (exact) mass is 607 g/mol. The summed E-state index contributed by atoms with van der Waals surface area (Å²) in [5.74, 6) is 0.184. The molecule has 0 radical (unpaired) electrons. The number of hydrogen-bond donors (Lipinski definition) is 1. The molecule has 6 rings (SSSR count). The maximum atomic E-state index is 14.0. The fourth-order valence-electron chi connectivity index (χ4n) is 5.33. The van der Waals surface area contributed by atoms with Gasteiger partial charge >= 0.3 is 0 Å². The lowest BCUT2D eigenvalue weighted by atomic mass is 9.96. The summed E-state index contributed by atoms with van der Waals surface area (Å²) in [4.78, 5) is 31.8. The number of carbonyl (C=O) groups excluding carboxylic acids is 2. The van der Waals surface area contributed by atoms with Crippen molar-refractivity contribution in [2.45, 2.75) is 25.8 Å². The number of primary amides is 1. The van der Waals surface area contributed by atoms with E-state index in [0.29, 0.717) is 74.8 Å². The molecule has 2 aliphatic rings. The Hall–Kier alpha value is -4.12. The van der Waals surface area contributed by atoms with Crippen LogP contribution < -0.4 is 15.2 Å². The van der Waals surface area contributed by atoms with Crippen LogP contribution in [0.5, 0.6) is 11.5 Å².